The van der Waals surface area contributed by atoms with Crippen molar-refractivity contribution < 1.29 is 14.7 Å². The van der Waals surface area contributed by atoms with E-state index in [0.29, 0.717) is 12.2 Å². The molecule has 0 fully saturated rings. The number of carbonyl (C=O) groups excluding carboxylic acids is 1. The summed E-state index contributed by atoms with van der Waals surface area (Å²) < 4.78 is 0. The molecule has 5 heteroatoms. The Bertz CT molecular complexity index is 429. The van der Waals surface area contributed by atoms with Gasteiger partial charge in [-0.3, -0.25) is 9.59 Å². The summed E-state index contributed by atoms with van der Waals surface area (Å²) in [5, 5.41) is 12.0. The number of amides is 1. The van der Waals surface area contributed by atoms with Crippen LogP contribution >= 0.6 is 0 Å². The Balaban J connectivity index is 2.79. The Morgan fingerprint density at radius 2 is 1.89 bits per heavy atom. The van der Waals surface area contributed by atoms with Crippen molar-refractivity contribution in [2.75, 3.05) is 24.5 Å². The molecule has 19 heavy (non-hydrogen) atoms. The normalized spacial score (nSPS) is 10.2. The van der Waals surface area contributed by atoms with Gasteiger partial charge in [-0.1, -0.05) is 24.6 Å². The molecular weight excluding hydrogens is 244 g/mol. The quantitative estimate of drug-likeness (QED) is 0.731. The number of carboxylic acid groups (broad SMARTS) is 1. The number of nitrogens with zero attached hydrogens (tertiary/aromatic N) is 1. The van der Waals surface area contributed by atoms with Crippen LogP contribution in [0.15, 0.2) is 24.3 Å². The highest BCUT2D eigenvalue weighted by atomic mass is 16.4. The molecule has 1 aromatic rings. The third-order valence-corrected chi connectivity index (χ3v) is 2.71. The Labute approximate surface area is 113 Å². The largest absolute Gasteiger partial charge is 0.480 e. The lowest BCUT2D eigenvalue weighted by Crippen LogP contribution is -2.37. The Hall–Kier alpha value is -1.88. The minimum Gasteiger partial charge on any atom is -0.480 e. The van der Waals surface area contributed by atoms with E-state index >= 15 is 0 Å². The van der Waals surface area contributed by atoms with E-state index in [1.54, 1.807) is 12.1 Å². The molecule has 1 amide bonds. The number of rotatable bonds is 7. The van der Waals surface area contributed by atoms with Crippen molar-refractivity contribution in [3.8, 4) is 0 Å². The van der Waals surface area contributed by atoms with Crippen molar-refractivity contribution in [3.63, 3.8) is 0 Å². The lowest BCUT2D eigenvalue weighted by Gasteiger charge is -2.21. The summed E-state index contributed by atoms with van der Waals surface area (Å²) in [6.07, 6.45) is 0.287. The monoisotopic (exact) mass is 264 g/mol. The van der Waals surface area contributed by atoms with Gasteiger partial charge in [0.05, 0.1) is 0 Å². The molecule has 0 heterocycles. The van der Waals surface area contributed by atoms with Crippen LogP contribution in [0.2, 0.25) is 0 Å². The van der Waals surface area contributed by atoms with E-state index in [2.05, 4.69) is 5.32 Å². The van der Waals surface area contributed by atoms with Gasteiger partial charge in [-0.15, -0.1) is 0 Å². The molecule has 1 aromatic carbocycles. The second-order valence-electron chi connectivity index (χ2n) is 4.31. The van der Waals surface area contributed by atoms with Gasteiger partial charge in [0, 0.05) is 18.7 Å². The van der Waals surface area contributed by atoms with E-state index in [1.165, 1.54) is 4.90 Å². The van der Waals surface area contributed by atoms with Crippen LogP contribution in [0.5, 0.6) is 0 Å². The standard InChI is InChI=1S/C14H20N2O3/c1-3-15-9-8-13(17)16(10-14(18)19)12-6-4-11(2)5-7-12/h4-7,15H,3,8-10H2,1-2H3,(H,18,19). The maximum atomic E-state index is 12.1. The Morgan fingerprint density at radius 3 is 2.42 bits per heavy atom. The predicted molar refractivity (Wildman–Crippen MR) is 74.3 cm³/mol. The van der Waals surface area contributed by atoms with E-state index in [0.717, 1.165) is 12.1 Å². The number of benzene rings is 1. The molecule has 0 aliphatic heterocycles. The molecule has 0 atom stereocenters. The average Bonchev–Trinajstić information content (AvgIpc) is 2.37. The fourth-order valence-electron chi connectivity index (χ4n) is 1.69. The molecule has 0 radical (unpaired) electrons. The van der Waals surface area contributed by atoms with Gasteiger partial charge in [-0.25, -0.2) is 0 Å². The first-order valence-corrected chi connectivity index (χ1v) is 6.34. The van der Waals surface area contributed by atoms with Gasteiger partial charge in [-0.05, 0) is 25.6 Å². The van der Waals surface area contributed by atoms with Crippen molar-refractivity contribution >= 4 is 17.6 Å². The van der Waals surface area contributed by atoms with Crippen LogP contribution in [0.3, 0.4) is 0 Å². The van der Waals surface area contributed by atoms with Gasteiger partial charge in [0.25, 0.3) is 0 Å². The molecule has 0 bridgehead atoms. The van der Waals surface area contributed by atoms with Crippen LogP contribution in [0, 0.1) is 6.92 Å². The third kappa shape index (κ3) is 5.09. The minimum absolute atomic E-state index is 0.188. The number of carbonyl (C=O) groups is 2. The predicted octanol–water partition coefficient (Wildman–Crippen LogP) is 1.41. The molecule has 0 aliphatic rings. The van der Waals surface area contributed by atoms with Gasteiger partial charge < -0.3 is 15.3 Å². The average molecular weight is 264 g/mol. The van der Waals surface area contributed by atoms with E-state index < -0.39 is 5.97 Å². The summed E-state index contributed by atoms with van der Waals surface area (Å²) in [7, 11) is 0. The maximum absolute atomic E-state index is 12.1. The van der Waals surface area contributed by atoms with Crippen LogP contribution in [-0.4, -0.2) is 36.6 Å². The minimum atomic E-state index is -1.02. The maximum Gasteiger partial charge on any atom is 0.323 e. The van der Waals surface area contributed by atoms with E-state index in [4.69, 9.17) is 5.11 Å². The molecular formula is C14H20N2O3. The number of aryl methyl sites for hydroxylation is 1. The van der Waals surface area contributed by atoms with Crippen molar-refractivity contribution in [1.29, 1.82) is 0 Å². The summed E-state index contributed by atoms with van der Waals surface area (Å²) in [4.78, 5) is 24.2. The van der Waals surface area contributed by atoms with Gasteiger partial charge in [-0.2, -0.15) is 0 Å². The summed E-state index contributed by atoms with van der Waals surface area (Å²) in [5.41, 5.74) is 1.69. The molecule has 0 saturated heterocycles. The molecule has 5 nitrogen and oxygen atoms in total. The molecule has 0 saturated carbocycles. The van der Waals surface area contributed by atoms with Crippen LogP contribution in [0.4, 0.5) is 5.69 Å². The second-order valence-corrected chi connectivity index (χ2v) is 4.31. The van der Waals surface area contributed by atoms with Crippen molar-refractivity contribution in [2.45, 2.75) is 20.3 Å². The first-order valence-electron chi connectivity index (χ1n) is 6.34. The van der Waals surface area contributed by atoms with E-state index in [-0.39, 0.29) is 18.9 Å². The van der Waals surface area contributed by atoms with Crippen LogP contribution in [0.1, 0.15) is 18.9 Å². The molecule has 104 valence electrons. The highest BCUT2D eigenvalue weighted by molar-refractivity contribution is 5.97. The Kier molecular flexibility index (Phi) is 6.02. The second kappa shape index (κ2) is 7.53. The first kappa shape index (κ1) is 15.2. The fourth-order valence-corrected chi connectivity index (χ4v) is 1.69. The third-order valence-electron chi connectivity index (χ3n) is 2.71. The number of anilines is 1. The molecule has 0 aromatic heterocycles. The zero-order chi connectivity index (χ0) is 14.3. The number of nitrogens with one attached hydrogen (secondary N) is 1. The molecule has 0 aliphatic carbocycles. The molecule has 0 spiro atoms. The lowest BCUT2D eigenvalue weighted by atomic mass is 10.2. The highest BCUT2D eigenvalue weighted by Crippen LogP contribution is 2.15. The van der Waals surface area contributed by atoms with Crippen molar-refractivity contribution in [2.24, 2.45) is 0 Å². The molecule has 2 N–H and O–H groups in total. The lowest BCUT2D eigenvalue weighted by molar-refractivity contribution is -0.136. The number of carboxylic acids is 1. The van der Waals surface area contributed by atoms with Crippen molar-refractivity contribution in [3.05, 3.63) is 29.8 Å². The number of hydrogen-bond acceptors (Lipinski definition) is 3. The SMILES string of the molecule is CCNCCC(=O)N(CC(=O)O)c1ccc(C)cc1. The van der Waals surface area contributed by atoms with Crippen molar-refractivity contribution in [1.82, 2.24) is 5.32 Å². The summed E-state index contributed by atoms with van der Waals surface area (Å²) in [6.45, 7) is 4.93. The number of hydrogen-bond donors (Lipinski definition) is 2. The Morgan fingerprint density at radius 1 is 1.26 bits per heavy atom. The molecule has 1 rings (SSSR count). The van der Waals surface area contributed by atoms with E-state index in [1.807, 2.05) is 26.0 Å². The van der Waals surface area contributed by atoms with Crippen LogP contribution in [0.25, 0.3) is 0 Å². The van der Waals surface area contributed by atoms with Gasteiger partial charge in [0.1, 0.15) is 6.54 Å². The zero-order valence-electron chi connectivity index (χ0n) is 11.3. The molecule has 0 unspecified atom stereocenters. The number of aliphatic carboxylic acids is 1. The van der Waals surface area contributed by atoms with E-state index in [9.17, 15) is 9.59 Å². The zero-order valence-corrected chi connectivity index (χ0v) is 11.3. The van der Waals surface area contributed by atoms with Gasteiger partial charge >= 0.3 is 5.97 Å². The topological polar surface area (TPSA) is 69.6 Å². The summed E-state index contributed by atoms with van der Waals surface area (Å²) in [5.74, 6) is -1.20. The fraction of sp³-hybridized carbons (Fsp3) is 0.429. The summed E-state index contributed by atoms with van der Waals surface area (Å²) in [6, 6.07) is 7.26. The highest BCUT2D eigenvalue weighted by Gasteiger charge is 2.18. The van der Waals surface area contributed by atoms with Gasteiger partial charge in [0.15, 0.2) is 0 Å². The first-order chi connectivity index (χ1) is 9.04. The van der Waals surface area contributed by atoms with Gasteiger partial charge in [0.2, 0.25) is 5.91 Å². The van der Waals surface area contributed by atoms with Crippen LogP contribution in [-0.2, 0) is 9.59 Å². The van der Waals surface area contributed by atoms with Crippen LogP contribution < -0.4 is 10.2 Å². The summed E-state index contributed by atoms with van der Waals surface area (Å²) >= 11 is 0. The smallest absolute Gasteiger partial charge is 0.323 e.